The summed E-state index contributed by atoms with van der Waals surface area (Å²) in [6, 6.07) is 0. The van der Waals surface area contributed by atoms with Crippen LogP contribution >= 0.6 is 15.6 Å². The van der Waals surface area contributed by atoms with Crippen LogP contribution in [0.3, 0.4) is 0 Å². The zero-order chi connectivity index (χ0) is 67.5. The van der Waals surface area contributed by atoms with Gasteiger partial charge < -0.3 is 33.8 Å². The first-order chi connectivity index (χ1) is 43.6. The van der Waals surface area contributed by atoms with Crippen LogP contribution in [0.5, 0.6) is 0 Å². The average molecular weight is 1340 g/mol. The summed E-state index contributed by atoms with van der Waals surface area (Å²) in [5.74, 6) is 0.854. The fourth-order valence-corrected chi connectivity index (χ4v) is 12.4. The number of phosphoric acid groups is 2. The second-order valence-corrected chi connectivity index (χ2v) is 30.6. The second kappa shape index (κ2) is 61.6. The SMILES string of the molecule is CCC(C)CCCCCCCCCCC(=O)OC[C@H](COP(=O)(O)OC[C@@H](O)COP(=O)(O)OC[C@@H](COC(=O)CCCCCCCCC(C)C)OC(=O)CCCCCCCCCCC(C)C)OC(=O)CCCCCCCCCCCCCCCCCCC(C)C. The molecule has 0 saturated carbocycles. The van der Waals surface area contributed by atoms with Gasteiger partial charge >= 0.3 is 39.5 Å². The van der Waals surface area contributed by atoms with E-state index in [9.17, 15) is 43.2 Å². The molecule has 91 heavy (non-hydrogen) atoms. The molecule has 6 atom stereocenters. The Morgan fingerprint density at radius 3 is 0.780 bits per heavy atom. The Morgan fingerprint density at radius 2 is 0.527 bits per heavy atom. The van der Waals surface area contributed by atoms with Crippen molar-refractivity contribution in [1.29, 1.82) is 0 Å². The average Bonchev–Trinajstić information content (AvgIpc) is 2.28. The molecular weight excluding hydrogens is 1200 g/mol. The largest absolute Gasteiger partial charge is 0.472 e. The van der Waals surface area contributed by atoms with Gasteiger partial charge in [0.15, 0.2) is 12.2 Å². The third kappa shape index (κ3) is 65.1. The van der Waals surface area contributed by atoms with Crippen LogP contribution in [0.25, 0.3) is 0 Å². The van der Waals surface area contributed by atoms with E-state index in [-0.39, 0.29) is 25.7 Å². The Hall–Kier alpha value is -1.94. The predicted octanol–water partition coefficient (Wildman–Crippen LogP) is 20.5. The highest BCUT2D eigenvalue weighted by Crippen LogP contribution is 2.45. The number of aliphatic hydroxyl groups excluding tert-OH is 1. The lowest BCUT2D eigenvalue weighted by molar-refractivity contribution is -0.161. The molecule has 3 N–H and O–H groups in total. The summed E-state index contributed by atoms with van der Waals surface area (Å²) < 4.78 is 68.3. The second-order valence-electron chi connectivity index (χ2n) is 27.6. The van der Waals surface area contributed by atoms with E-state index in [1.807, 2.05) is 0 Å². The van der Waals surface area contributed by atoms with Crippen LogP contribution in [0.4, 0.5) is 0 Å². The maximum atomic E-state index is 13.0. The lowest BCUT2D eigenvalue weighted by Crippen LogP contribution is -2.30. The van der Waals surface area contributed by atoms with Crippen LogP contribution in [0, 0.1) is 23.7 Å². The van der Waals surface area contributed by atoms with Gasteiger partial charge in [-0.3, -0.25) is 37.3 Å². The Morgan fingerprint density at radius 1 is 0.308 bits per heavy atom. The number of phosphoric ester groups is 2. The van der Waals surface area contributed by atoms with Crippen LogP contribution in [0.2, 0.25) is 0 Å². The number of carbonyl (C=O) groups excluding carboxylic acids is 4. The normalized spacial score (nSPS) is 14.5. The van der Waals surface area contributed by atoms with Crippen LogP contribution in [0.15, 0.2) is 0 Å². The molecule has 0 amide bonds. The molecule has 0 aliphatic carbocycles. The van der Waals surface area contributed by atoms with Gasteiger partial charge in [-0.2, -0.15) is 0 Å². The van der Waals surface area contributed by atoms with Crippen molar-refractivity contribution < 1.29 is 80.2 Å². The summed E-state index contributed by atoms with van der Waals surface area (Å²) in [6.07, 6.45) is 44.7. The first-order valence-corrected chi connectivity index (χ1v) is 40.2. The predicted molar refractivity (Wildman–Crippen MR) is 367 cm³/mol. The van der Waals surface area contributed by atoms with E-state index in [2.05, 4.69) is 55.4 Å². The van der Waals surface area contributed by atoms with Crippen molar-refractivity contribution >= 4 is 39.5 Å². The van der Waals surface area contributed by atoms with Gasteiger partial charge in [0.05, 0.1) is 26.4 Å². The van der Waals surface area contributed by atoms with Crippen molar-refractivity contribution in [3.63, 3.8) is 0 Å². The first-order valence-electron chi connectivity index (χ1n) is 37.2. The Bertz CT molecular complexity index is 1800. The van der Waals surface area contributed by atoms with Gasteiger partial charge in [-0.05, 0) is 49.4 Å². The topological polar surface area (TPSA) is 237 Å². The minimum atomic E-state index is -4.95. The molecule has 0 aromatic carbocycles. The molecule has 19 heteroatoms. The zero-order valence-corrected chi connectivity index (χ0v) is 61.3. The molecule has 0 aliphatic heterocycles. The first kappa shape index (κ1) is 89.1. The molecule has 0 heterocycles. The third-order valence-electron chi connectivity index (χ3n) is 16.9. The van der Waals surface area contributed by atoms with Crippen molar-refractivity contribution in [3.05, 3.63) is 0 Å². The molecule has 17 nitrogen and oxygen atoms in total. The van der Waals surface area contributed by atoms with Gasteiger partial charge in [-0.1, -0.05) is 306 Å². The molecule has 0 radical (unpaired) electrons. The van der Waals surface area contributed by atoms with E-state index >= 15 is 0 Å². The summed E-state index contributed by atoms with van der Waals surface area (Å²) >= 11 is 0. The highest BCUT2D eigenvalue weighted by Gasteiger charge is 2.30. The summed E-state index contributed by atoms with van der Waals surface area (Å²) in [6.45, 7) is 14.1. The van der Waals surface area contributed by atoms with Gasteiger partial charge in [-0.25, -0.2) is 9.13 Å². The molecule has 540 valence electrons. The molecule has 0 aromatic rings. The quantitative estimate of drug-likeness (QED) is 0.0222. The van der Waals surface area contributed by atoms with Gasteiger partial charge in [0.25, 0.3) is 0 Å². The number of rotatable bonds is 69. The van der Waals surface area contributed by atoms with Crippen LogP contribution in [0.1, 0.15) is 357 Å². The van der Waals surface area contributed by atoms with Crippen molar-refractivity contribution in [2.75, 3.05) is 39.6 Å². The number of hydrogen-bond donors (Lipinski definition) is 3. The maximum Gasteiger partial charge on any atom is 0.472 e. The maximum absolute atomic E-state index is 13.0. The molecule has 0 bridgehead atoms. The van der Waals surface area contributed by atoms with E-state index in [1.165, 1.54) is 154 Å². The highest BCUT2D eigenvalue weighted by atomic mass is 31.2. The number of carbonyl (C=O) groups is 4. The molecule has 0 aliphatic rings. The minimum absolute atomic E-state index is 0.103. The molecular formula is C72H140O17P2. The number of unbranched alkanes of at least 4 members (excludes halogenated alkanes) is 34. The van der Waals surface area contributed by atoms with Gasteiger partial charge in [0, 0.05) is 25.7 Å². The van der Waals surface area contributed by atoms with E-state index in [4.69, 9.17) is 37.0 Å². The molecule has 0 aromatic heterocycles. The Labute approximate surface area is 556 Å². The number of ether oxygens (including phenoxy) is 4. The monoisotopic (exact) mass is 1340 g/mol. The van der Waals surface area contributed by atoms with Crippen molar-refractivity contribution in [2.24, 2.45) is 23.7 Å². The van der Waals surface area contributed by atoms with Gasteiger partial charge in [-0.15, -0.1) is 0 Å². The third-order valence-corrected chi connectivity index (χ3v) is 18.8. The van der Waals surface area contributed by atoms with Crippen molar-refractivity contribution in [1.82, 2.24) is 0 Å². The molecule has 0 rings (SSSR count). The molecule has 0 spiro atoms. The minimum Gasteiger partial charge on any atom is -0.462 e. The molecule has 0 saturated heterocycles. The highest BCUT2D eigenvalue weighted by molar-refractivity contribution is 7.47. The number of hydrogen-bond acceptors (Lipinski definition) is 15. The summed E-state index contributed by atoms with van der Waals surface area (Å²) in [4.78, 5) is 72.6. The smallest absolute Gasteiger partial charge is 0.462 e. The van der Waals surface area contributed by atoms with Crippen LogP contribution in [-0.4, -0.2) is 96.7 Å². The molecule has 3 unspecified atom stereocenters. The zero-order valence-electron chi connectivity index (χ0n) is 59.5. The lowest BCUT2D eigenvalue weighted by atomic mass is 9.99. The van der Waals surface area contributed by atoms with Crippen molar-refractivity contribution in [2.45, 2.75) is 375 Å². The van der Waals surface area contributed by atoms with Crippen molar-refractivity contribution in [3.8, 4) is 0 Å². The summed E-state index contributed by atoms with van der Waals surface area (Å²) in [7, 11) is -9.90. The fraction of sp³-hybridized carbons (Fsp3) is 0.944. The summed E-state index contributed by atoms with van der Waals surface area (Å²) in [5, 5.41) is 10.6. The number of aliphatic hydroxyl groups is 1. The summed E-state index contributed by atoms with van der Waals surface area (Å²) in [5.41, 5.74) is 0. The lowest BCUT2D eigenvalue weighted by Gasteiger charge is -2.21. The van der Waals surface area contributed by atoms with E-state index in [1.54, 1.807) is 0 Å². The van der Waals surface area contributed by atoms with Crippen LogP contribution < -0.4 is 0 Å². The standard InChI is InChI=1S/C72H140O17P2/c1-9-65(8)51-43-35-26-21-23-27-36-44-52-69(74)82-58-67(88-71(76)54-46-38-28-19-17-15-13-11-10-12-14-16-18-24-32-40-48-62(2)3)60-86-90(78,79)84-56-66(73)57-85-91(80,81)87-61-68(59-83-70(75)53-45-37-31-30-34-42-50-64(6)7)89-72(77)55-47-39-29-22-20-25-33-41-49-63(4)5/h62-68,73H,9-61H2,1-8H3,(H,78,79)(H,80,81)/t65?,66-,67-,68-/m1/s1. The van der Waals surface area contributed by atoms with E-state index in [0.717, 1.165) is 114 Å². The van der Waals surface area contributed by atoms with Gasteiger partial charge in [0.1, 0.15) is 19.3 Å². The fourth-order valence-electron chi connectivity index (χ4n) is 10.8. The molecule has 0 fully saturated rings. The van der Waals surface area contributed by atoms with E-state index < -0.39 is 97.5 Å². The van der Waals surface area contributed by atoms with Gasteiger partial charge in [0.2, 0.25) is 0 Å². The van der Waals surface area contributed by atoms with E-state index in [0.29, 0.717) is 31.6 Å². The Balaban J connectivity index is 5.22. The van der Waals surface area contributed by atoms with Crippen LogP contribution in [-0.2, 0) is 65.4 Å². The number of esters is 4. The Kier molecular flexibility index (Phi) is 60.3.